The summed E-state index contributed by atoms with van der Waals surface area (Å²) in [5, 5.41) is 0.596. The molecular formula is C19H22N4O2S. The molecule has 136 valence electrons. The molecular weight excluding hydrogens is 348 g/mol. The number of aromatic nitrogens is 2. The van der Waals surface area contributed by atoms with E-state index in [2.05, 4.69) is 21.9 Å². The maximum absolute atomic E-state index is 12.7. The first-order chi connectivity index (χ1) is 12.4. The number of nitrogens with zero attached hydrogens (tertiary/aromatic N) is 3. The molecule has 1 aliphatic heterocycles. The second-order valence-corrected chi connectivity index (χ2v) is 7.66. The van der Waals surface area contributed by atoms with Crippen molar-refractivity contribution in [2.24, 2.45) is 10.7 Å². The molecule has 0 bridgehead atoms. The molecule has 0 aromatic carbocycles. The fourth-order valence-corrected chi connectivity index (χ4v) is 3.97. The molecule has 0 amide bonds. The SMILES string of the molecule is COc1cnc(C(=O)Cc2cncc([C@]3(C)CCSC(N)=N3)c2)c(C)c1. The van der Waals surface area contributed by atoms with E-state index in [1.807, 2.05) is 19.1 Å². The summed E-state index contributed by atoms with van der Waals surface area (Å²) in [6.07, 6.45) is 6.21. The van der Waals surface area contributed by atoms with E-state index >= 15 is 0 Å². The molecule has 0 aliphatic carbocycles. The standard InChI is InChI=1S/C19H22N4O2S/c1-12-6-15(25-3)11-22-17(12)16(24)8-13-7-14(10-21-9-13)19(2)4-5-26-18(20)23-19/h6-7,9-11H,4-5,8H2,1-3H3,(H2,20,23)/t19-/m0/s1. The number of pyridine rings is 2. The van der Waals surface area contributed by atoms with Crippen molar-refractivity contribution in [1.29, 1.82) is 0 Å². The van der Waals surface area contributed by atoms with E-state index in [1.54, 1.807) is 37.5 Å². The lowest BCUT2D eigenvalue weighted by atomic mass is 9.89. The molecule has 26 heavy (non-hydrogen) atoms. The highest BCUT2D eigenvalue weighted by Gasteiger charge is 2.30. The van der Waals surface area contributed by atoms with Crippen LogP contribution in [-0.4, -0.2) is 33.8 Å². The topological polar surface area (TPSA) is 90.5 Å². The Bertz CT molecular complexity index is 868. The van der Waals surface area contributed by atoms with E-state index in [0.717, 1.165) is 28.9 Å². The third-order valence-electron chi connectivity index (χ3n) is 4.53. The number of nitrogens with two attached hydrogens (primary N) is 1. The molecule has 0 saturated heterocycles. The summed E-state index contributed by atoms with van der Waals surface area (Å²) in [7, 11) is 1.58. The van der Waals surface area contributed by atoms with Crippen LogP contribution in [0.5, 0.6) is 5.75 Å². The van der Waals surface area contributed by atoms with Gasteiger partial charge in [0.15, 0.2) is 11.0 Å². The van der Waals surface area contributed by atoms with Gasteiger partial charge in [0.1, 0.15) is 11.4 Å². The summed E-state index contributed by atoms with van der Waals surface area (Å²) < 4.78 is 5.14. The van der Waals surface area contributed by atoms with Gasteiger partial charge in [0.2, 0.25) is 0 Å². The third kappa shape index (κ3) is 3.88. The minimum Gasteiger partial charge on any atom is -0.495 e. The van der Waals surface area contributed by atoms with E-state index in [0.29, 0.717) is 16.6 Å². The smallest absolute Gasteiger partial charge is 0.185 e. The van der Waals surface area contributed by atoms with Gasteiger partial charge in [-0.1, -0.05) is 11.8 Å². The molecule has 0 saturated carbocycles. The average Bonchev–Trinajstić information content (AvgIpc) is 2.61. The number of ether oxygens (including phenoxy) is 1. The van der Waals surface area contributed by atoms with Crippen molar-refractivity contribution in [3.63, 3.8) is 0 Å². The van der Waals surface area contributed by atoms with Crippen LogP contribution in [0.15, 0.2) is 35.7 Å². The second kappa shape index (κ2) is 7.45. The van der Waals surface area contributed by atoms with Crippen LogP contribution in [0, 0.1) is 6.92 Å². The van der Waals surface area contributed by atoms with Crippen LogP contribution in [0.3, 0.4) is 0 Å². The number of thioether (sulfide) groups is 1. The highest BCUT2D eigenvalue weighted by atomic mass is 32.2. The molecule has 0 fully saturated rings. The van der Waals surface area contributed by atoms with Gasteiger partial charge in [-0.3, -0.25) is 14.8 Å². The van der Waals surface area contributed by atoms with E-state index < -0.39 is 5.54 Å². The Balaban J connectivity index is 1.83. The Hall–Kier alpha value is -2.41. The molecule has 2 aromatic heterocycles. The lowest BCUT2D eigenvalue weighted by molar-refractivity contribution is 0.0987. The number of carbonyl (C=O) groups is 1. The highest BCUT2D eigenvalue weighted by molar-refractivity contribution is 8.13. The van der Waals surface area contributed by atoms with Crippen molar-refractivity contribution < 1.29 is 9.53 Å². The number of Topliss-reactive ketones (excluding diaryl/α,β-unsaturated/α-hetero) is 1. The van der Waals surface area contributed by atoms with Crippen LogP contribution in [0.1, 0.15) is 40.5 Å². The maximum Gasteiger partial charge on any atom is 0.185 e. The number of hydrogen-bond acceptors (Lipinski definition) is 7. The number of amidine groups is 1. The van der Waals surface area contributed by atoms with Gasteiger partial charge in [-0.25, -0.2) is 4.98 Å². The van der Waals surface area contributed by atoms with Gasteiger partial charge in [-0.15, -0.1) is 0 Å². The van der Waals surface area contributed by atoms with Gasteiger partial charge < -0.3 is 10.5 Å². The molecule has 0 spiro atoms. The van der Waals surface area contributed by atoms with Crippen LogP contribution < -0.4 is 10.5 Å². The van der Waals surface area contributed by atoms with E-state index in [9.17, 15) is 4.79 Å². The van der Waals surface area contributed by atoms with Crippen molar-refractivity contribution in [3.8, 4) is 5.75 Å². The largest absolute Gasteiger partial charge is 0.495 e. The van der Waals surface area contributed by atoms with E-state index in [1.165, 1.54) is 0 Å². The average molecular weight is 370 g/mol. The Kier molecular flexibility index (Phi) is 5.27. The van der Waals surface area contributed by atoms with Crippen LogP contribution in [0.4, 0.5) is 0 Å². The predicted octanol–water partition coefficient (Wildman–Crippen LogP) is 2.89. The Morgan fingerprint density at radius 3 is 2.85 bits per heavy atom. The number of ketones is 1. The van der Waals surface area contributed by atoms with Gasteiger partial charge in [-0.05, 0) is 49.1 Å². The Morgan fingerprint density at radius 2 is 2.15 bits per heavy atom. The third-order valence-corrected chi connectivity index (χ3v) is 5.33. The molecule has 1 aliphatic rings. The summed E-state index contributed by atoms with van der Waals surface area (Å²) in [5.74, 6) is 1.52. The molecule has 3 heterocycles. The van der Waals surface area contributed by atoms with Gasteiger partial charge in [0.05, 0.1) is 18.8 Å². The Labute approximate surface area is 157 Å². The zero-order valence-electron chi connectivity index (χ0n) is 15.2. The molecule has 3 rings (SSSR count). The summed E-state index contributed by atoms with van der Waals surface area (Å²) in [6.45, 7) is 3.91. The number of methoxy groups -OCH3 is 1. The second-order valence-electron chi connectivity index (χ2n) is 6.54. The summed E-state index contributed by atoms with van der Waals surface area (Å²) in [4.78, 5) is 25.8. The molecule has 0 radical (unpaired) electrons. The molecule has 0 unspecified atom stereocenters. The summed E-state index contributed by atoms with van der Waals surface area (Å²) in [6, 6.07) is 3.81. The lowest BCUT2D eigenvalue weighted by Crippen LogP contribution is -2.29. The van der Waals surface area contributed by atoms with Crippen molar-refractivity contribution in [3.05, 3.63) is 53.1 Å². The van der Waals surface area contributed by atoms with Crippen LogP contribution in [-0.2, 0) is 12.0 Å². The van der Waals surface area contributed by atoms with Crippen molar-refractivity contribution in [2.75, 3.05) is 12.9 Å². The number of rotatable bonds is 5. The van der Waals surface area contributed by atoms with E-state index in [4.69, 9.17) is 10.5 Å². The van der Waals surface area contributed by atoms with Gasteiger partial charge in [0, 0.05) is 24.6 Å². The molecule has 2 N–H and O–H groups in total. The Morgan fingerprint density at radius 1 is 1.35 bits per heavy atom. The minimum absolute atomic E-state index is 0.0449. The first-order valence-electron chi connectivity index (χ1n) is 8.37. The zero-order valence-corrected chi connectivity index (χ0v) is 16.0. The van der Waals surface area contributed by atoms with Gasteiger partial charge in [0.25, 0.3) is 0 Å². The molecule has 7 heteroatoms. The summed E-state index contributed by atoms with van der Waals surface area (Å²) in [5.41, 5.74) is 8.59. The zero-order chi connectivity index (χ0) is 18.7. The molecule has 2 aromatic rings. The highest BCUT2D eigenvalue weighted by Crippen LogP contribution is 2.35. The fraction of sp³-hybridized carbons (Fsp3) is 0.368. The predicted molar refractivity (Wildman–Crippen MR) is 104 cm³/mol. The lowest BCUT2D eigenvalue weighted by Gasteiger charge is -2.29. The van der Waals surface area contributed by atoms with Gasteiger partial charge in [-0.2, -0.15) is 0 Å². The number of hydrogen-bond donors (Lipinski definition) is 1. The van der Waals surface area contributed by atoms with Crippen LogP contribution in [0.2, 0.25) is 0 Å². The van der Waals surface area contributed by atoms with E-state index in [-0.39, 0.29) is 12.2 Å². The normalized spacial score (nSPS) is 19.7. The number of aryl methyl sites for hydroxylation is 1. The quantitative estimate of drug-likeness (QED) is 0.814. The van der Waals surface area contributed by atoms with Crippen LogP contribution >= 0.6 is 11.8 Å². The molecule has 1 atom stereocenters. The monoisotopic (exact) mass is 370 g/mol. The first kappa shape index (κ1) is 18.4. The number of aliphatic imine (C=N–C) groups is 1. The fourth-order valence-electron chi connectivity index (χ4n) is 3.00. The number of carbonyl (C=O) groups excluding carboxylic acids is 1. The van der Waals surface area contributed by atoms with Crippen molar-refractivity contribution in [2.45, 2.75) is 32.2 Å². The van der Waals surface area contributed by atoms with Gasteiger partial charge >= 0.3 is 0 Å². The maximum atomic E-state index is 12.7. The summed E-state index contributed by atoms with van der Waals surface area (Å²) >= 11 is 1.57. The molecule has 6 nitrogen and oxygen atoms in total. The minimum atomic E-state index is -0.393. The van der Waals surface area contributed by atoms with Crippen LogP contribution in [0.25, 0.3) is 0 Å². The first-order valence-corrected chi connectivity index (χ1v) is 9.36. The van der Waals surface area contributed by atoms with Crippen molar-refractivity contribution >= 4 is 22.7 Å². The van der Waals surface area contributed by atoms with Crippen molar-refractivity contribution in [1.82, 2.24) is 9.97 Å².